The van der Waals surface area contributed by atoms with Gasteiger partial charge >= 0.3 is 29.8 Å². The first-order valence-electron chi connectivity index (χ1n) is 15.2. The summed E-state index contributed by atoms with van der Waals surface area (Å²) in [4.78, 5) is 64.1. The molecule has 0 amide bonds. The molecule has 0 unspecified atom stereocenters. The van der Waals surface area contributed by atoms with Gasteiger partial charge < -0.3 is 33.2 Å². The van der Waals surface area contributed by atoms with Crippen molar-refractivity contribution in [3.8, 4) is 0 Å². The summed E-state index contributed by atoms with van der Waals surface area (Å²) in [6, 6.07) is 0. The van der Waals surface area contributed by atoms with Gasteiger partial charge in [0.25, 0.3) is 0 Å². The van der Waals surface area contributed by atoms with E-state index in [0.29, 0.717) is 24.8 Å². The van der Waals surface area contributed by atoms with Gasteiger partial charge in [0.1, 0.15) is 18.3 Å². The van der Waals surface area contributed by atoms with Gasteiger partial charge in [0, 0.05) is 26.2 Å². The summed E-state index contributed by atoms with van der Waals surface area (Å²) in [6.45, 7) is 13.3. The maximum Gasteiger partial charge on any atom is 0.344 e. The minimum Gasteiger partial charge on any atom is -0.462 e. The van der Waals surface area contributed by atoms with E-state index in [9.17, 15) is 24.0 Å². The minimum atomic E-state index is -1.55. The summed E-state index contributed by atoms with van der Waals surface area (Å²) in [5.41, 5.74) is -3.29. The number of epoxide rings is 1. The van der Waals surface area contributed by atoms with Crippen LogP contribution in [0.4, 0.5) is 0 Å². The molecule has 0 N–H and O–H groups in total. The number of alkyl halides is 1. The van der Waals surface area contributed by atoms with E-state index < -0.39 is 107 Å². The first-order chi connectivity index (χ1) is 20.6. The van der Waals surface area contributed by atoms with Gasteiger partial charge in [-0.2, -0.15) is 0 Å². The minimum absolute atomic E-state index is 0.0100. The smallest absolute Gasteiger partial charge is 0.344 e. The van der Waals surface area contributed by atoms with Crippen LogP contribution in [0.25, 0.3) is 0 Å². The van der Waals surface area contributed by atoms with Gasteiger partial charge in [0.05, 0.1) is 40.9 Å². The Kier molecular flexibility index (Phi) is 8.61. The molecule has 4 heterocycles. The van der Waals surface area contributed by atoms with E-state index in [1.54, 1.807) is 13.8 Å². The molecule has 5 fully saturated rings. The van der Waals surface area contributed by atoms with Gasteiger partial charge in [-0.05, 0) is 31.8 Å². The molecule has 2 bridgehead atoms. The molecule has 5 rings (SSSR count). The Morgan fingerprint density at radius 3 is 2.36 bits per heavy atom. The van der Waals surface area contributed by atoms with E-state index in [0.717, 1.165) is 0 Å². The second-order valence-corrected chi connectivity index (χ2v) is 13.5. The zero-order valence-electron chi connectivity index (χ0n) is 25.9. The Balaban J connectivity index is 1.66. The van der Waals surface area contributed by atoms with Gasteiger partial charge in [-0.3, -0.25) is 19.2 Å². The summed E-state index contributed by atoms with van der Waals surface area (Å²) in [7, 11) is 0. The molecule has 12 atom stereocenters. The second-order valence-electron chi connectivity index (χ2n) is 13.0. The molecule has 5 aliphatic rings. The Hall–Kier alpha value is -2.70. The zero-order chi connectivity index (χ0) is 32.4. The molecule has 2 spiro atoms. The fourth-order valence-corrected chi connectivity index (χ4v) is 8.24. The Labute approximate surface area is 261 Å². The highest BCUT2D eigenvalue weighted by Gasteiger charge is 2.78. The van der Waals surface area contributed by atoms with Crippen molar-refractivity contribution in [1.82, 2.24) is 0 Å². The number of carbonyl (C=O) groups is 5. The lowest BCUT2D eigenvalue weighted by Crippen LogP contribution is -2.74. The van der Waals surface area contributed by atoms with Crippen LogP contribution in [0.2, 0.25) is 0 Å². The maximum atomic E-state index is 13.3. The highest BCUT2D eigenvalue weighted by molar-refractivity contribution is 6.23. The molecule has 44 heavy (non-hydrogen) atoms. The lowest BCUT2D eigenvalue weighted by Gasteiger charge is -2.61. The van der Waals surface area contributed by atoms with Crippen molar-refractivity contribution < 1.29 is 57.1 Å². The largest absolute Gasteiger partial charge is 0.462 e. The predicted molar refractivity (Wildman–Crippen MR) is 151 cm³/mol. The fourth-order valence-electron chi connectivity index (χ4n) is 7.85. The first kappa shape index (κ1) is 32.7. The molecule has 13 heteroatoms. The summed E-state index contributed by atoms with van der Waals surface area (Å²) < 4.78 is 42.1. The number of ether oxygens (including phenoxy) is 7. The summed E-state index contributed by atoms with van der Waals surface area (Å²) in [5, 5.41) is -0.915. The van der Waals surface area contributed by atoms with Gasteiger partial charge in [-0.25, -0.2) is 4.79 Å². The Morgan fingerprint density at radius 2 is 1.77 bits per heavy atom. The van der Waals surface area contributed by atoms with E-state index in [1.165, 1.54) is 13.8 Å². The quantitative estimate of drug-likeness (QED) is 0.132. The van der Waals surface area contributed by atoms with Crippen molar-refractivity contribution in [2.24, 2.45) is 23.2 Å². The molecule has 4 saturated heterocycles. The normalized spacial score (nSPS) is 42.9. The standard InChI is InChI=1S/C31H41ClO12/c1-8-14(2)27(36)38-12-22(35)42-21-11-19-15(3)23(32)25-31(44-19,16(4)28(37)43-25)26(41-18(6)34)24-29(21,7)20(40-17(5)33)9-10-30(24)13-39-30/h14,16,19-21,23-26H,3,8-13H2,1-2,4-7H3/t14-,16-,19-,20-,21-,23-,24+,25-,26-,29+,30-,31-/m0/s1. The molecule has 1 aliphatic carbocycles. The lowest BCUT2D eigenvalue weighted by atomic mass is 9.51. The van der Waals surface area contributed by atoms with Crippen molar-refractivity contribution >= 4 is 41.4 Å². The fraction of sp³-hybridized carbons (Fsp3) is 0.774. The van der Waals surface area contributed by atoms with Crippen LogP contribution in [-0.2, 0) is 57.1 Å². The molecular formula is C31H41ClO12. The second kappa shape index (κ2) is 11.6. The Morgan fingerprint density at radius 1 is 1.11 bits per heavy atom. The molecule has 0 aromatic carbocycles. The van der Waals surface area contributed by atoms with Crippen molar-refractivity contribution in [3.05, 3.63) is 12.2 Å². The van der Waals surface area contributed by atoms with Crippen LogP contribution in [-0.4, -0.2) is 90.2 Å². The maximum absolute atomic E-state index is 13.3. The molecule has 4 aliphatic heterocycles. The SMILES string of the molecule is C=C1[C@@H]2C[C@H](OC(=O)COC(=O)[C@@H](C)CC)[C@@]3(C)[C@@H](OC(C)=O)CC[C@]4(CO4)[C@@H]3[C@H](OC(C)=O)[C@]3(O2)[C@@H](C)C(=O)O[C@H]3[C@H]1Cl. The highest BCUT2D eigenvalue weighted by Crippen LogP contribution is 2.65. The third-order valence-electron chi connectivity index (χ3n) is 10.5. The van der Waals surface area contributed by atoms with E-state index in [4.69, 9.17) is 44.8 Å². The topological polar surface area (TPSA) is 153 Å². The van der Waals surface area contributed by atoms with E-state index in [1.807, 2.05) is 13.8 Å². The zero-order valence-corrected chi connectivity index (χ0v) is 26.7. The van der Waals surface area contributed by atoms with Crippen LogP contribution < -0.4 is 0 Å². The van der Waals surface area contributed by atoms with Crippen LogP contribution in [0.1, 0.15) is 67.2 Å². The lowest BCUT2D eigenvalue weighted by molar-refractivity contribution is -0.287. The molecule has 12 nitrogen and oxygen atoms in total. The average Bonchev–Trinajstić information content (AvgIpc) is 3.68. The summed E-state index contributed by atoms with van der Waals surface area (Å²) >= 11 is 6.94. The van der Waals surface area contributed by atoms with Gasteiger partial charge in [-0.15, -0.1) is 11.6 Å². The van der Waals surface area contributed by atoms with Gasteiger partial charge in [0.15, 0.2) is 18.3 Å². The number of esters is 5. The molecule has 0 aromatic heterocycles. The Bertz CT molecular complexity index is 1250. The van der Waals surface area contributed by atoms with Crippen molar-refractivity contribution in [2.45, 2.75) is 114 Å². The van der Waals surface area contributed by atoms with E-state index >= 15 is 0 Å². The number of carbonyl (C=O) groups excluding carboxylic acids is 5. The first-order valence-corrected chi connectivity index (χ1v) is 15.6. The van der Waals surface area contributed by atoms with Crippen LogP contribution in [0.5, 0.6) is 0 Å². The molecule has 0 aromatic rings. The third-order valence-corrected chi connectivity index (χ3v) is 11.0. The third kappa shape index (κ3) is 5.10. The van der Waals surface area contributed by atoms with Crippen molar-refractivity contribution in [3.63, 3.8) is 0 Å². The highest BCUT2D eigenvalue weighted by atomic mass is 35.5. The van der Waals surface area contributed by atoms with Crippen LogP contribution in [0, 0.1) is 23.2 Å². The number of hydrogen-bond acceptors (Lipinski definition) is 12. The van der Waals surface area contributed by atoms with Crippen LogP contribution in [0.3, 0.4) is 0 Å². The number of hydrogen-bond donors (Lipinski definition) is 0. The van der Waals surface area contributed by atoms with Crippen LogP contribution in [0.15, 0.2) is 12.2 Å². The number of rotatable bonds is 7. The molecule has 0 radical (unpaired) electrons. The monoisotopic (exact) mass is 640 g/mol. The number of halogens is 1. The predicted octanol–water partition coefficient (Wildman–Crippen LogP) is 2.80. The van der Waals surface area contributed by atoms with E-state index in [-0.39, 0.29) is 13.0 Å². The van der Waals surface area contributed by atoms with Crippen LogP contribution >= 0.6 is 11.6 Å². The van der Waals surface area contributed by atoms with Crippen molar-refractivity contribution in [2.75, 3.05) is 13.2 Å². The van der Waals surface area contributed by atoms with E-state index in [2.05, 4.69) is 6.58 Å². The van der Waals surface area contributed by atoms with Crippen molar-refractivity contribution in [1.29, 1.82) is 0 Å². The van der Waals surface area contributed by atoms with Gasteiger partial charge in [0.2, 0.25) is 0 Å². The summed E-state index contributed by atoms with van der Waals surface area (Å²) in [5.74, 6) is -5.26. The average molecular weight is 641 g/mol. The number of fused-ring (bicyclic) bond motifs is 3. The molecular weight excluding hydrogens is 600 g/mol. The van der Waals surface area contributed by atoms with Gasteiger partial charge in [-0.1, -0.05) is 27.4 Å². The molecule has 244 valence electrons. The molecule has 1 saturated carbocycles. The summed E-state index contributed by atoms with van der Waals surface area (Å²) in [6.07, 6.45) is -3.64.